The summed E-state index contributed by atoms with van der Waals surface area (Å²) in [6.45, 7) is 1.23. The second-order valence-electron chi connectivity index (χ2n) is 15.4. The Morgan fingerprint density at radius 3 is 1.41 bits per heavy atom. The molecule has 0 spiro atoms. The molecule has 2 saturated heterocycles. The van der Waals surface area contributed by atoms with Crippen molar-refractivity contribution in [3.8, 4) is 33.6 Å². The molecule has 0 unspecified atom stereocenters. The van der Waals surface area contributed by atoms with E-state index in [1.807, 2.05) is 78.6 Å². The van der Waals surface area contributed by atoms with Gasteiger partial charge in [0.1, 0.15) is 23.7 Å². The maximum absolute atomic E-state index is 14.0. The number of benzene rings is 4. The summed E-state index contributed by atoms with van der Waals surface area (Å²) in [7, 11) is 5.33. The molecule has 12 nitrogen and oxygen atoms in total. The molecule has 2 aliphatic rings. The maximum atomic E-state index is 14.0. The summed E-state index contributed by atoms with van der Waals surface area (Å²) in [5, 5.41) is 9.80. The Bertz CT molecular complexity index is 2360. The van der Waals surface area contributed by atoms with E-state index in [9.17, 15) is 19.5 Å². The molecule has 0 bridgehead atoms. The van der Waals surface area contributed by atoms with E-state index in [2.05, 4.69) is 58.5 Å². The lowest BCUT2D eigenvalue weighted by molar-refractivity contribution is -0.138. The van der Waals surface area contributed by atoms with Crippen LogP contribution in [0.3, 0.4) is 0 Å². The zero-order valence-corrected chi connectivity index (χ0v) is 33.0. The van der Waals surface area contributed by atoms with Gasteiger partial charge in [0.2, 0.25) is 5.91 Å². The molecular weight excluding hydrogens is 729 g/mol. The molecule has 0 aliphatic carbocycles. The fourth-order valence-electron chi connectivity index (χ4n) is 8.51. The Labute approximate surface area is 338 Å². The van der Waals surface area contributed by atoms with Gasteiger partial charge in [-0.2, -0.15) is 0 Å². The summed E-state index contributed by atoms with van der Waals surface area (Å²) < 4.78 is 0. The summed E-state index contributed by atoms with van der Waals surface area (Å²) >= 11 is 0. The lowest BCUT2D eigenvalue weighted by atomic mass is 10.0. The van der Waals surface area contributed by atoms with Crippen LogP contribution in [0.2, 0.25) is 0 Å². The van der Waals surface area contributed by atoms with Crippen LogP contribution in [0.1, 0.15) is 72.6 Å². The van der Waals surface area contributed by atoms with Crippen LogP contribution < -0.4 is 0 Å². The fourth-order valence-corrected chi connectivity index (χ4v) is 8.51. The van der Waals surface area contributed by atoms with Gasteiger partial charge in [-0.05, 0) is 73.2 Å². The zero-order chi connectivity index (χ0) is 40.3. The predicted molar refractivity (Wildman–Crippen MR) is 222 cm³/mol. The second-order valence-corrected chi connectivity index (χ2v) is 15.4. The zero-order valence-electron chi connectivity index (χ0n) is 33.0. The average molecular weight is 777 g/mol. The maximum Gasteiger partial charge on any atom is 0.407 e. The van der Waals surface area contributed by atoms with Crippen molar-refractivity contribution in [3.63, 3.8) is 0 Å². The summed E-state index contributed by atoms with van der Waals surface area (Å²) in [5.74, 6) is 1.32. The first-order valence-electron chi connectivity index (χ1n) is 19.8. The number of carbonyl (C=O) groups is 3. The number of rotatable bonds is 11. The minimum Gasteiger partial charge on any atom is -0.465 e. The SMILES string of the molecule is CN(C)[C@H](C(=O)N1CCC[C@H]1c1ncc(-c2ccc(-c3ccc(-c4cnc([C@@H]5CCCN5C(=O)[C@@H](c5ccccc5)N(C)C(=O)O)[nH]4)cc3)cc2)[nH]1)c1ccccc1. The first-order chi connectivity index (χ1) is 28.2. The lowest BCUT2D eigenvalue weighted by Crippen LogP contribution is -2.43. The monoisotopic (exact) mass is 776 g/mol. The first kappa shape index (κ1) is 38.3. The normalized spacial score (nSPS) is 17.7. The highest BCUT2D eigenvalue weighted by Crippen LogP contribution is 2.37. The van der Waals surface area contributed by atoms with E-state index in [1.165, 1.54) is 7.05 Å². The molecule has 2 aromatic heterocycles. The molecule has 3 N–H and O–H groups in total. The Kier molecular flexibility index (Phi) is 10.9. The number of nitrogens with zero attached hydrogens (tertiary/aromatic N) is 6. The lowest BCUT2D eigenvalue weighted by Gasteiger charge is -2.32. The number of carbonyl (C=O) groups excluding carboxylic acids is 2. The van der Waals surface area contributed by atoms with Crippen LogP contribution in [0.25, 0.3) is 33.6 Å². The minimum atomic E-state index is -1.16. The van der Waals surface area contributed by atoms with Crippen molar-refractivity contribution in [1.82, 2.24) is 39.5 Å². The molecule has 3 amide bonds. The number of nitrogens with one attached hydrogen (secondary N) is 2. The summed E-state index contributed by atoms with van der Waals surface area (Å²) in [4.78, 5) is 63.1. The van der Waals surface area contributed by atoms with E-state index in [4.69, 9.17) is 9.97 Å². The number of likely N-dealkylation sites (N-methyl/N-ethyl adjacent to an activating group) is 2. The molecule has 296 valence electrons. The number of hydrogen-bond donors (Lipinski definition) is 3. The van der Waals surface area contributed by atoms with Gasteiger partial charge < -0.3 is 24.9 Å². The van der Waals surface area contributed by atoms with Crippen LogP contribution in [-0.2, 0) is 9.59 Å². The third-order valence-corrected chi connectivity index (χ3v) is 11.5. The van der Waals surface area contributed by atoms with Gasteiger partial charge in [0.05, 0.1) is 35.9 Å². The number of carboxylic acid groups (broad SMARTS) is 1. The number of imidazole rings is 2. The van der Waals surface area contributed by atoms with Gasteiger partial charge in [-0.1, -0.05) is 109 Å². The van der Waals surface area contributed by atoms with Gasteiger partial charge in [-0.25, -0.2) is 14.8 Å². The van der Waals surface area contributed by atoms with Gasteiger partial charge in [-0.15, -0.1) is 0 Å². The van der Waals surface area contributed by atoms with E-state index in [0.29, 0.717) is 24.5 Å². The van der Waals surface area contributed by atoms with Crippen molar-refractivity contribution in [2.75, 3.05) is 34.2 Å². The Morgan fingerprint density at radius 1 is 0.603 bits per heavy atom. The summed E-state index contributed by atoms with van der Waals surface area (Å²) in [6.07, 6.45) is 5.81. The Balaban J connectivity index is 0.934. The highest BCUT2D eigenvalue weighted by Gasteiger charge is 2.40. The second kappa shape index (κ2) is 16.5. The third kappa shape index (κ3) is 7.62. The van der Waals surface area contributed by atoms with Gasteiger partial charge >= 0.3 is 6.09 Å². The predicted octanol–water partition coefficient (Wildman–Crippen LogP) is 8.11. The largest absolute Gasteiger partial charge is 0.465 e. The highest BCUT2D eigenvalue weighted by molar-refractivity contribution is 5.87. The first-order valence-corrected chi connectivity index (χ1v) is 19.8. The van der Waals surface area contributed by atoms with Crippen LogP contribution in [-0.4, -0.2) is 96.8 Å². The van der Waals surface area contributed by atoms with Gasteiger partial charge in [0.15, 0.2) is 0 Å². The van der Waals surface area contributed by atoms with Crippen molar-refractivity contribution in [1.29, 1.82) is 0 Å². The number of aromatic nitrogens is 4. The smallest absolute Gasteiger partial charge is 0.407 e. The number of H-pyrrole nitrogens is 2. The number of amides is 3. The number of aromatic amines is 2. The minimum absolute atomic E-state index is 0.0901. The molecule has 58 heavy (non-hydrogen) atoms. The third-order valence-electron chi connectivity index (χ3n) is 11.5. The number of hydrogen-bond acceptors (Lipinski definition) is 6. The van der Waals surface area contributed by atoms with Crippen LogP contribution in [0.5, 0.6) is 0 Å². The van der Waals surface area contributed by atoms with Gasteiger partial charge in [-0.3, -0.25) is 19.4 Å². The van der Waals surface area contributed by atoms with E-state index < -0.39 is 12.1 Å². The average Bonchev–Trinajstić information content (AvgIpc) is 4.09. The van der Waals surface area contributed by atoms with Crippen molar-refractivity contribution in [3.05, 3.63) is 144 Å². The highest BCUT2D eigenvalue weighted by atomic mass is 16.4. The van der Waals surface area contributed by atoms with Crippen molar-refractivity contribution in [2.24, 2.45) is 0 Å². The summed E-state index contributed by atoms with van der Waals surface area (Å²) in [5.41, 5.74) is 7.48. The van der Waals surface area contributed by atoms with Crippen LogP contribution >= 0.6 is 0 Å². The molecule has 4 heterocycles. The molecular formula is C46H48N8O4. The standard InChI is InChI=1S/C46H48N8O4/c1-51(2)40(34-12-6-4-7-13-34)44(55)53-26-10-16-38(53)42-47-28-36(49-42)32-22-18-30(19-23-32)31-20-24-33(25-21-31)37-29-48-43(50-37)39-17-11-27-54(39)45(56)41(52(3)46(57)58)35-14-8-5-9-15-35/h4-9,12-15,18-25,28-29,38-41H,10-11,16-17,26-27H2,1-3H3,(H,47,49)(H,48,50)(H,57,58)/t38-,39-,40-,41+/m0/s1. The molecule has 4 atom stereocenters. The van der Waals surface area contributed by atoms with Crippen molar-refractivity contribution >= 4 is 17.9 Å². The van der Waals surface area contributed by atoms with Gasteiger partial charge in [0, 0.05) is 20.1 Å². The topological polar surface area (TPSA) is 142 Å². The number of likely N-dealkylation sites (tertiary alicyclic amines) is 2. The van der Waals surface area contributed by atoms with Crippen LogP contribution in [0, 0.1) is 0 Å². The van der Waals surface area contributed by atoms with E-state index in [-0.39, 0.29) is 29.9 Å². The Morgan fingerprint density at radius 2 is 1.00 bits per heavy atom. The van der Waals surface area contributed by atoms with Crippen LogP contribution in [0.4, 0.5) is 4.79 Å². The molecule has 0 radical (unpaired) electrons. The molecule has 12 heteroatoms. The molecule has 4 aromatic carbocycles. The Hall–Kier alpha value is -6.53. The summed E-state index contributed by atoms with van der Waals surface area (Å²) in [6, 6.07) is 33.9. The molecule has 2 aliphatic heterocycles. The van der Waals surface area contributed by atoms with Crippen molar-refractivity contribution in [2.45, 2.75) is 49.9 Å². The van der Waals surface area contributed by atoms with Crippen LogP contribution in [0.15, 0.2) is 122 Å². The molecule has 8 rings (SSSR count). The van der Waals surface area contributed by atoms with E-state index >= 15 is 0 Å². The van der Waals surface area contributed by atoms with E-state index in [1.54, 1.807) is 23.2 Å². The molecule has 2 fully saturated rings. The van der Waals surface area contributed by atoms with E-state index in [0.717, 1.165) is 75.6 Å². The molecule has 0 saturated carbocycles. The fraction of sp³-hybridized carbons (Fsp3) is 0.283. The van der Waals surface area contributed by atoms with Crippen molar-refractivity contribution < 1.29 is 19.5 Å². The quantitative estimate of drug-likeness (QED) is 0.121. The molecule has 6 aromatic rings. The van der Waals surface area contributed by atoms with Gasteiger partial charge in [0.25, 0.3) is 5.91 Å².